The van der Waals surface area contributed by atoms with Gasteiger partial charge in [0.15, 0.2) is 5.58 Å². The third-order valence-corrected chi connectivity index (χ3v) is 7.43. The Hall–Kier alpha value is -3.84. The molecule has 2 N–H and O–H groups in total. The molecule has 0 bridgehead atoms. The maximum Gasteiger partial charge on any atom is 0.410 e. The van der Waals surface area contributed by atoms with Crippen LogP contribution in [0.4, 0.5) is 35.5 Å². The Morgan fingerprint density at radius 1 is 1.10 bits per heavy atom. The van der Waals surface area contributed by atoms with Crippen LogP contribution < -0.4 is 10.6 Å². The predicted molar refractivity (Wildman–Crippen MR) is 131 cm³/mol. The van der Waals surface area contributed by atoms with Crippen molar-refractivity contribution < 1.29 is 44.7 Å². The van der Waals surface area contributed by atoms with Crippen LogP contribution in [0.25, 0.3) is 11.1 Å². The predicted octanol–water partition coefficient (Wildman–Crippen LogP) is 6.06. The number of oxazole rings is 1. The van der Waals surface area contributed by atoms with Crippen molar-refractivity contribution in [3.63, 3.8) is 0 Å². The lowest BCUT2D eigenvalue weighted by molar-refractivity contribution is -0.150. The SMILES string of the molecule is O=C1NC(C(F)(F)F)CN1Cc1ccc2oc(C(NC(=O)C(F)(F)c3ccccc3)C3CCC(F)(F)CC3)nc2c1. The van der Waals surface area contributed by atoms with Gasteiger partial charge < -0.3 is 20.0 Å². The Labute approximate surface area is 229 Å². The first-order valence-electron chi connectivity index (χ1n) is 12.9. The number of amides is 3. The smallest absolute Gasteiger partial charge is 0.410 e. The van der Waals surface area contributed by atoms with Crippen LogP contribution in [0.5, 0.6) is 0 Å². The zero-order valence-electron chi connectivity index (χ0n) is 21.4. The van der Waals surface area contributed by atoms with Crippen molar-refractivity contribution in [1.29, 1.82) is 0 Å². The molecular weight excluding hydrogens is 561 g/mol. The van der Waals surface area contributed by atoms with E-state index in [1.165, 1.54) is 36.4 Å². The molecule has 2 fully saturated rings. The van der Waals surface area contributed by atoms with Crippen molar-refractivity contribution in [3.05, 3.63) is 65.5 Å². The van der Waals surface area contributed by atoms with Crippen molar-refractivity contribution in [2.45, 2.75) is 62.3 Å². The molecule has 3 aromatic rings. The molecule has 1 saturated heterocycles. The maximum atomic E-state index is 15.0. The van der Waals surface area contributed by atoms with Gasteiger partial charge in [-0.25, -0.2) is 18.6 Å². The van der Waals surface area contributed by atoms with Crippen LogP contribution in [0, 0.1) is 5.92 Å². The Kier molecular flexibility index (Phi) is 7.36. The summed E-state index contributed by atoms with van der Waals surface area (Å²) in [6.07, 6.45) is -5.76. The normalized spacial score (nSPS) is 20.7. The summed E-state index contributed by atoms with van der Waals surface area (Å²) in [5.41, 5.74) is 0.244. The number of rotatable bonds is 7. The van der Waals surface area contributed by atoms with E-state index in [1.807, 2.05) is 5.32 Å². The molecule has 2 aromatic carbocycles. The van der Waals surface area contributed by atoms with E-state index < -0.39 is 72.9 Å². The molecule has 2 aliphatic rings. The van der Waals surface area contributed by atoms with Crippen molar-refractivity contribution in [2.75, 3.05) is 6.54 Å². The summed E-state index contributed by atoms with van der Waals surface area (Å²) in [5.74, 6) is -9.33. The molecule has 2 heterocycles. The summed E-state index contributed by atoms with van der Waals surface area (Å²) in [7, 11) is 0. The highest BCUT2D eigenvalue weighted by molar-refractivity contribution is 5.85. The zero-order valence-corrected chi connectivity index (χ0v) is 21.4. The number of hydrogen-bond donors (Lipinski definition) is 2. The number of aromatic nitrogens is 1. The number of hydrogen-bond acceptors (Lipinski definition) is 4. The second kappa shape index (κ2) is 10.5. The molecule has 2 unspecified atom stereocenters. The average Bonchev–Trinajstić information content (AvgIpc) is 3.51. The second-order valence-electron chi connectivity index (χ2n) is 10.4. The van der Waals surface area contributed by atoms with Gasteiger partial charge >= 0.3 is 18.1 Å². The number of carbonyl (C=O) groups excluding carboxylic acids is 2. The molecule has 1 aliphatic carbocycles. The number of nitrogens with zero attached hydrogens (tertiary/aromatic N) is 2. The average molecular weight is 587 g/mol. The maximum absolute atomic E-state index is 15.0. The summed E-state index contributed by atoms with van der Waals surface area (Å²) in [5, 5.41) is 4.15. The fourth-order valence-corrected chi connectivity index (χ4v) is 5.14. The first-order valence-corrected chi connectivity index (χ1v) is 12.9. The van der Waals surface area contributed by atoms with Gasteiger partial charge in [-0.1, -0.05) is 36.4 Å². The fourth-order valence-electron chi connectivity index (χ4n) is 5.14. The van der Waals surface area contributed by atoms with Crippen LogP contribution in [0.1, 0.15) is 48.7 Å². The van der Waals surface area contributed by atoms with E-state index in [9.17, 15) is 31.5 Å². The van der Waals surface area contributed by atoms with Crippen molar-refractivity contribution in [1.82, 2.24) is 20.5 Å². The molecule has 220 valence electrons. The zero-order chi connectivity index (χ0) is 29.6. The largest absolute Gasteiger partial charge is 0.438 e. The minimum atomic E-state index is -4.60. The highest BCUT2D eigenvalue weighted by Gasteiger charge is 2.47. The fraction of sp³-hybridized carbons (Fsp3) is 0.444. The van der Waals surface area contributed by atoms with Crippen LogP contribution in [0.15, 0.2) is 52.9 Å². The Balaban J connectivity index is 1.40. The second-order valence-corrected chi connectivity index (χ2v) is 10.4. The minimum absolute atomic E-state index is 0.0801. The molecule has 1 aliphatic heterocycles. The molecule has 1 aromatic heterocycles. The van der Waals surface area contributed by atoms with E-state index >= 15 is 8.78 Å². The van der Waals surface area contributed by atoms with Crippen LogP contribution in [-0.2, 0) is 17.3 Å². The minimum Gasteiger partial charge on any atom is -0.438 e. The topological polar surface area (TPSA) is 87.5 Å². The van der Waals surface area contributed by atoms with Gasteiger partial charge in [0.25, 0.3) is 5.91 Å². The van der Waals surface area contributed by atoms with E-state index in [1.54, 1.807) is 0 Å². The standard InChI is InChI=1S/C27H25F7N4O3/c28-25(29)10-8-16(9-11-25)21(37-23(39)26(30,31)17-4-2-1-3-5-17)22-35-18-12-15(6-7-19(18)41-22)13-38-14-20(27(32,33)34)36-24(38)40/h1-7,12,16,20-21H,8-11,13-14H2,(H,36,40)(H,37,39). The highest BCUT2D eigenvalue weighted by atomic mass is 19.4. The van der Waals surface area contributed by atoms with Gasteiger partial charge in [0.05, 0.1) is 6.54 Å². The van der Waals surface area contributed by atoms with Gasteiger partial charge in [-0.2, -0.15) is 22.0 Å². The Morgan fingerprint density at radius 3 is 2.41 bits per heavy atom. The summed E-state index contributed by atoms with van der Waals surface area (Å²) in [4.78, 5) is 30.1. The van der Waals surface area contributed by atoms with Crippen LogP contribution in [0.3, 0.4) is 0 Å². The van der Waals surface area contributed by atoms with Gasteiger partial charge in [0.1, 0.15) is 17.6 Å². The lowest BCUT2D eigenvalue weighted by Crippen LogP contribution is -2.43. The highest BCUT2D eigenvalue weighted by Crippen LogP contribution is 2.42. The van der Waals surface area contributed by atoms with Gasteiger partial charge in [-0.3, -0.25) is 4.79 Å². The molecular formula is C27H25F7N4O3. The van der Waals surface area contributed by atoms with E-state index in [0.717, 1.165) is 17.0 Å². The molecule has 1 saturated carbocycles. The summed E-state index contributed by atoms with van der Waals surface area (Å²) in [6, 6.07) is 6.68. The molecule has 0 radical (unpaired) electrons. The first kappa shape index (κ1) is 28.7. The number of alkyl halides is 7. The van der Waals surface area contributed by atoms with E-state index in [-0.39, 0.29) is 36.4 Å². The molecule has 2 atom stereocenters. The molecule has 0 spiro atoms. The number of carbonyl (C=O) groups is 2. The van der Waals surface area contributed by atoms with Crippen LogP contribution in [0.2, 0.25) is 0 Å². The van der Waals surface area contributed by atoms with Gasteiger partial charge in [0.2, 0.25) is 11.8 Å². The Bertz CT molecular complexity index is 1420. The lowest BCUT2D eigenvalue weighted by atomic mass is 9.81. The monoisotopic (exact) mass is 586 g/mol. The van der Waals surface area contributed by atoms with Crippen LogP contribution >= 0.6 is 0 Å². The number of nitrogens with one attached hydrogen (secondary N) is 2. The summed E-state index contributed by atoms with van der Waals surface area (Å²) < 4.78 is 103. The number of fused-ring (bicyclic) bond motifs is 1. The van der Waals surface area contributed by atoms with Crippen molar-refractivity contribution in [3.8, 4) is 0 Å². The van der Waals surface area contributed by atoms with E-state index in [0.29, 0.717) is 5.56 Å². The van der Waals surface area contributed by atoms with E-state index in [4.69, 9.17) is 4.42 Å². The molecule has 41 heavy (non-hydrogen) atoms. The van der Waals surface area contributed by atoms with Gasteiger partial charge in [-0.05, 0) is 36.5 Å². The van der Waals surface area contributed by atoms with Crippen molar-refractivity contribution in [2.24, 2.45) is 5.92 Å². The number of benzene rings is 2. The van der Waals surface area contributed by atoms with Crippen LogP contribution in [-0.4, -0.2) is 46.5 Å². The number of halogens is 7. The third-order valence-electron chi connectivity index (χ3n) is 7.43. The quantitative estimate of drug-likeness (QED) is 0.330. The van der Waals surface area contributed by atoms with E-state index in [2.05, 4.69) is 10.3 Å². The van der Waals surface area contributed by atoms with Gasteiger partial charge in [-0.15, -0.1) is 0 Å². The molecule has 14 heteroatoms. The molecule has 3 amide bonds. The number of urea groups is 1. The molecule has 7 nitrogen and oxygen atoms in total. The van der Waals surface area contributed by atoms with Crippen molar-refractivity contribution >= 4 is 23.0 Å². The Morgan fingerprint density at radius 2 is 1.78 bits per heavy atom. The lowest BCUT2D eigenvalue weighted by Gasteiger charge is -2.33. The third kappa shape index (κ3) is 6.10. The first-order chi connectivity index (χ1) is 19.2. The molecule has 5 rings (SSSR count). The summed E-state index contributed by atoms with van der Waals surface area (Å²) in [6.45, 7) is -0.752. The summed E-state index contributed by atoms with van der Waals surface area (Å²) >= 11 is 0. The van der Waals surface area contributed by atoms with Gasteiger partial charge in [0, 0.05) is 24.9 Å².